The summed E-state index contributed by atoms with van der Waals surface area (Å²) in [5, 5.41) is 0. The monoisotopic (exact) mass is 407 g/mol. The van der Waals surface area contributed by atoms with Crippen LogP contribution in [0.15, 0.2) is 94.8 Å². The summed E-state index contributed by atoms with van der Waals surface area (Å²) >= 11 is 0. The second kappa shape index (κ2) is 7.57. The molecule has 0 amide bonds. The lowest BCUT2D eigenvalue weighted by Gasteiger charge is -2.07. The van der Waals surface area contributed by atoms with Crippen molar-refractivity contribution >= 4 is 17.5 Å². The summed E-state index contributed by atoms with van der Waals surface area (Å²) in [7, 11) is 1.87. The van der Waals surface area contributed by atoms with Crippen LogP contribution in [0.2, 0.25) is 0 Å². The summed E-state index contributed by atoms with van der Waals surface area (Å²) in [6.07, 6.45) is 3.69. The Labute approximate surface area is 179 Å². The minimum absolute atomic E-state index is 0.155. The molecule has 0 atom stereocenters. The lowest BCUT2D eigenvalue weighted by Crippen LogP contribution is -2.19. The first-order valence-corrected chi connectivity index (χ1v) is 10.1. The highest BCUT2D eigenvalue weighted by atomic mass is 16.1. The Hall–Kier alpha value is -4.19. The number of aromatic nitrogens is 4. The van der Waals surface area contributed by atoms with Gasteiger partial charge in [-0.2, -0.15) is 0 Å². The third-order valence-electron chi connectivity index (χ3n) is 5.45. The van der Waals surface area contributed by atoms with E-state index < -0.39 is 0 Å². The van der Waals surface area contributed by atoms with E-state index in [1.807, 2.05) is 108 Å². The number of hydrogen-bond acceptors (Lipinski definition) is 3. The van der Waals surface area contributed by atoms with Crippen LogP contribution in [0.3, 0.4) is 0 Å². The Bertz CT molecular complexity index is 1460. The van der Waals surface area contributed by atoms with E-state index in [4.69, 9.17) is 4.98 Å². The van der Waals surface area contributed by atoms with Crippen LogP contribution in [-0.4, -0.2) is 25.0 Å². The van der Waals surface area contributed by atoms with Crippen LogP contribution < -0.4 is 5.56 Å². The fourth-order valence-corrected chi connectivity index (χ4v) is 3.78. The Morgan fingerprint density at radius 1 is 0.903 bits per heavy atom. The van der Waals surface area contributed by atoms with Crippen LogP contribution in [0.25, 0.3) is 22.6 Å². The quantitative estimate of drug-likeness (QED) is 0.411. The summed E-state index contributed by atoms with van der Waals surface area (Å²) in [6, 6.07) is 25.4. The molecule has 0 aliphatic carbocycles. The minimum Gasteiger partial charge on any atom is -0.298 e. The summed E-state index contributed by atoms with van der Waals surface area (Å²) in [6.45, 7) is 1.90. The van der Waals surface area contributed by atoms with Gasteiger partial charge in [-0.15, -0.1) is 0 Å². The van der Waals surface area contributed by atoms with Gasteiger partial charge in [0, 0.05) is 18.8 Å². The number of nitrogens with zero attached hydrogens (tertiary/aromatic N) is 5. The van der Waals surface area contributed by atoms with Crippen LogP contribution in [0.5, 0.6) is 0 Å². The zero-order valence-corrected chi connectivity index (χ0v) is 17.3. The van der Waals surface area contributed by atoms with Crippen LogP contribution in [0.4, 0.5) is 5.69 Å². The van der Waals surface area contributed by atoms with E-state index in [0.29, 0.717) is 5.69 Å². The smallest absolute Gasteiger partial charge is 0.297 e. The van der Waals surface area contributed by atoms with Gasteiger partial charge in [-0.3, -0.25) is 13.9 Å². The van der Waals surface area contributed by atoms with Crippen molar-refractivity contribution in [2.45, 2.75) is 6.92 Å². The van der Waals surface area contributed by atoms with Crippen molar-refractivity contribution in [1.29, 1.82) is 0 Å². The number of para-hydroxylation sites is 1. The molecule has 31 heavy (non-hydrogen) atoms. The first kappa shape index (κ1) is 18.8. The molecular formula is C25H21N5O. The average molecular weight is 407 g/mol. The summed E-state index contributed by atoms with van der Waals surface area (Å²) in [5.41, 5.74) is 5.34. The number of pyridine rings is 1. The molecule has 0 aliphatic heterocycles. The van der Waals surface area contributed by atoms with Gasteiger partial charge in [0.2, 0.25) is 0 Å². The zero-order chi connectivity index (χ0) is 21.4. The zero-order valence-electron chi connectivity index (χ0n) is 17.3. The maximum atomic E-state index is 13.2. The molecule has 0 spiro atoms. The van der Waals surface area contributed by atoms with Gasteiger partial charge < -0.3 is 0 Å². The standard InChI is InChI=1S/C25H21N5O/c1-18-23(25(31)30(28(18)2)20-13-7-4-8-14-20)26-17-21-24(19-11-5-3-6-12-19)27-22-15-9-10-16-29(21)22/h3-17H,1-2H3. The molecule has 0 unspecified atom stereocenters. The Balaban J connectivity index is 1.67. The van der Waals surface area contributed by atoms with Gasteiger partial charge in [0.15, 0.2) is 5.69 Å². The van der Waals surface area contributed by atoms with Gasteiger partial charge >= 0.3 is 0 Å². The van der Waals surface area contributed by atoms with Crippen LogP contribution in [-0.2, 0) is 7.05 Å². The lowest BCUT2D eigenvalue weighted by molar-refractivity contribution is 0.630. The lowest BCUT2D eigenvalue weighted by atomic mass is 10.1. The molecule has 0 fully saturated rings. The summed E-state index contributed by atoms with van der Waals surface area (Å²) < 4.78 is 5.45. The second-order valence-corrected chi connectivity index (χ2v) is 7.31. The van der Waals surface area contributed by atoms with Gasteiger partial charge in [-0.1, -0.05) is 54.6 Å². The number of rotatable bonds is 4. The highest BCUT2D eigenvalue weighted by Gasteiger charge is 2.16. The molecule has 3 heterocycles. The predicted molar refractivity (Wildman–Crippen MR) is 124 cm³/mol. The first-order chi connectivity index (χ1) is 15.1. The molecule has 0 radical (unpaired) electrons. The number of aliphatic imine (C=N–C) groups is 1. The fraction of sp³-hybridized carbons (Fsp3) is 0.0800. The number of fused-ring (bicyclic) bond motifs is 1. The molecule has 2 aromatic carbocycles. The van der Waals surface area contributed by atoms with E-state index in [1.165, 1.54) is 0 Å². The van der Waals surface area contributed by atoms with Crippen LogP contribution in [0.1, 0.15) is 11.4 Å². The van der Waals surface area contributed by atoms with E-state index in [-0.39, 0.29) is 5.56 Å². The third-order valence-corrected chi connectivity index (χ3v) is 5.45. The number of hydrogen-bond donors (Lipinski definition) is 0. The van der Waals surface area contributed by atoms with Crippen molar-refractivity contribution in [2.24, 2.45) is 12.0 Å². The number of benzene rings is 2. The van der Waals surface area contributed by atoms with Crippen LogP contribution in [0, 0.1) is 6.92 Å². The molecule has 0 N–H and O–H groups in total. The molecule has 6 heteroatoms. The van der Waals surface area contributed by atoms with Gasteiger partial charge in [0.1, 0.15) is 5.65 Å². The van der Waals surface area contributed by atoms with E-state index in [1.54, 1.807) is 10.9 Å². The largest absolute Gasteiger partial charge is 0.298 e. The van der Waals surface area contributed by atoms with Gasteiger partial charge in [0.25, 0.3) is 5.56 Å². The minimum atomic E-state index is -0.155. The van der Waals surface area contributed by atoms with Crippen LogP contribution >= 0.6 is 0 Å². The van der Waals surface area contributed by atoms with Gasteiger partial charge in [-0.25, -0.2) is 14.7 Å². The topological polar surface area (TPSA) is 56.6 Å². The normalized spacial score (nSPS) is 11.5. The second-order valence-electron chi connectivity index (χ2n) is 7.31. The van der Waals surface area contributed by atoms with E-state index >= 15 is 0 Å². The SMILES string of the molecule is Cc1c(N=Cc2c(-c3ccccc3)nc3ccccn23)c(=O)n(-c2ccccc2)n1C. The molecule has 0 saturated carbocycles. The van der Waals surface area contributed by atoms with Crippen molar-refractivity contribution in [1.82, 2.24) is 18.7 Å². The molecule has 0 bridgehead atoms. The molecule has 0 aliphatic rings. The molecule has 5 aromatic rings. The highest BCUT2D eigenvalue weighted by molar-refractivity contribution is 5.90. The van der Waals surface area contributed by atoms with Gasteiger partial charge in [-0.05, 0) is 31.2 Å². The number of imidazole rings is 1. The molecule has 5 rings (SSSR count). The Kier molecular flexibility index (Phi) is 4.59. The van der Waals surface area contributed by atoms with Crippen molar-refractivity contribution in [3.63, 3.8) is 0 Å². The summed E-state index contributed by atoms with van der Waals surface area (Å²) in [4.78, 5) is 22.6. The Morgan fingerprint density at radius 2 is 1.58 bits per heavy atom. The molecule has 6 nitrogen and oxygen atoms in total. The van der Waals surface area contributed by atoms with Crippen molar-refractivity contribution in [3.8, 4) is 16.9 Å². The highest BCUT2D eigenvalue weighted by Crippen LogP contribution is 2.24. The average Bonchev–Trinajstić information content (AvgIpc) is 3.28. The first-order valence-electron chi connectivity index (χ1n) is 10.1. The van der Waals surface area contributed by atoms with Crippen molar-refractivity contribution in [2.75, 3.05) is 0 Å². The van der Waals surface area contributed by atoms with Gasteiger partial charge in [0.05, 0.1) is 29.0 Å². The predicted octanol–water partition coefficient (Wildman–Crippen LogP) is 4.55. The molecule has 3 aromatic heterocycles. The fourth-order valence-electron chi connectivity index (χ4n) is 3.78. The van der Waals surface area contributed by atoms with E-state index in [0.717, 1.165) is 34.0 Å². The third kappa shape index (κ3) is 3.18. The maximum absolute atomic E-state index is 13.2. The van der Waals surface area contributed by atoms with Crippen molar-refractivity contribution < 1.29 is 0 Å². The van der Waals surface area contributed by atoms with E-state index in [9.17, 15) is 4.79 Å². The molecule has 152 valence electrons. The summed E-state index contributed by atoms with van der Waals surface area (Å²) in [5.74, 6) is 0. The Morgan fingerprint density at radius 3 is 2.32 bits per heavy atom. The molecule has 0 saturated heterocycles. The van der Waals surface area contributed by atoms with E-state index in [2.05, 4.69) is 4.99 Å². The molecular weight excluding hydrogens is 386 g/mol. The maximum Gasteiger partial charge on any atom is 0.297 e. The van der Waals surface area contributed by atoms with Crippen molar-refractivity contribution in [3.05, 3.63) is 107 Å².